The summed E-state index contributed by atoms with van der Waals surface area (Å²) in [5.41, 5.74) is 1.45. The van der Waals surface area contributed by atoms with Crippen molar-refractivity contribution in [3.05, 3.63) is 40.4 Å². The van der Waals surface area contributed by atoms with Gasteiger partial charge in [-0.1, -0.05) is 0 Å². The summed E-state index contributed by atoms with van der Waals surface area (Å²) >= 11 is 1.31. The predicted molar refractivity (Wildman–Crippen MR) is 115 cm³/mol. The van der Waals surface area contributed by atoms with Crippen LogP contribution in [0.25, 0.3) is 0 Å². The molecule has 1 aromatic heterocycles. The van der Waals surface area contributed by atoms with E-state index in [0.29, 0.717) is 28.0 Å². The molecule has 1 aliphatic rings. The number of benzene rings is 1. The van der Waals surface area contributed by atoms with Crippen molar-refractivity contribution in [3.63, 3.8) is 0 Å². The van der Waals surface area contributed by atoms with Crippen molar-refractivity contribution in [2.24, 2.45) is 5.92 Å². The summed E-state index contributed by atoms with van der Waals surface area (Å²) in [5, 5.41) is 19.4. The molecule has 1 amide bonds. The third-order valence-electron chi connectivity index (χ3n) is 5.09. The Morgan fingerprint density at radius 3 is 2.63 bits per heavy atom. The molecule has 30 heavy (non-hydrogen) atoms. The second kappa shape index (κ2) is 9.12. The number of amides is 1. The third kappa shape index (κ3) is 5.56. The molecule has 8 nitrogen and oxygen atoms in total. The Kier molecular flexibility index (Phi) is 6.75. The van der Waals surface area contributed by atoms with E-state index in [-0.39, 0.29) is 11.8 Å². The van der Waals surface area contributed by atoms with Gasteiger partial charge in [0.2, 0.25) is 10.0 Å². The average Bonchev–Trinajstić information content (AvgIpc) is 3.26. The number of nitrogens with one attached hydrogen (secondary N) is 1. The molecule has 0 aliphatic heterocycles. The fraction of sp³-hybridized carbons (Fsp3) is 0.450. The van der Waals surface area contributed by atoms with Gasteiger partial charge in [-0.05, 0) is 62.8 Å². The quantitative estimate of drug-likeness (QED) is 0.667. The maximum atomic E-state index is 12.3. The third-order valence-corrected chi connectivity index (χ3v) is 6.64. The van der Waals surface area contributed by atoms with Crippen LogP contribution in [0.2, 0.25) is 0 Å². The average molecular weight is 449 g/mol. The summed E-state index contributed by atoms with van der Waals surface area (Å²) in [6.07, 6.45) is 4.09. The van der Waals surface area contributed by atoms with Gasteiger partial charge in [0.05, 0.1) is 24.0 Å². The van der Waals surface area contributed by atoms with Crippen LogP contribution in [-0.4, -0.2) is 43.3 Å². The van der Waals surface area contributed by atoms with Crippen molar-refractivity contribution in [1.82, 2.24) is 9.71 Å². The molecule has 1 aliphatic carbocycles. The summed E-state index contributed by atoms with van der Waals surface area (Å²) in [6.45, 7) is 2.35. The molecule has 2 atom stereocenters. The molecule has 2 N–H and O–H groups in total. The van der Waals surface area contributed by atoms with Crippen LogP contribution >= 0.6 is 11.3 Å². The van der Waals surface area contributed by atoms with Crippen molar-refractivity contribution in [2.75, 3.05) is 17.7 Å². The number of aliphatic hydroxyl groups excluding tert-OH is 1. The van der Waals surface area contributed by atoms with Gasteiger partial charge in [-0.2, -0.15) is 5.26 Å². The molecule has 1 aromatic carbocycles. The second-order valence-electron chi connectivity index (χ2n) is 7.54. The number of aromatic nitrogens is 1. The number of thiazole rings is 1. The zero-order chi connectivity index (χ0) is 21.9. The molecule has 1 heterocycles. The topological polar surface area (TPSA) is 123 Å². The lowest BCUT2D eigenvalue weighted by molar-refractivity contribution is 0.0977. The van der Waals surface area contributed by atoms with Crippen LogP contribution in [0.4, 0.5) is 10.8 Å². The molecule has 2 unspecified atom stereocenters. The predicted octanol–water partition coefficient (Wildman–Crippen LogP) is 2.70. The first-order valence-corrected chi connectivity index (χ1v) is 12.3. The van der Waals surface area contributed by atoms with Gasteiger partial charge in [-0.15, -0.1) is 11.3 Å². The van der Waals surface area contributed by atoms with Crippen molar-refractivity contribution in [3.8, 4) is 6.07 Å². The maximum Gasteiger partial charge on any atom is 0.284 e. The molecule has 10 heteroatoms. The molecular weight excluding hydrogens is 424 g/mol. The number of nitrogens with zero attached hydrogens (tertiary/aromatic N) is 3. The van der Waals surface area contributed by atoms with E-state index in [1.54, 1.807) is 19.1 Å². The Morgan fingerprint density at radius 1 is 1.37 bits per heavy atom. The van der Waals surface area contributed by atoms with Crippen LogP contribution in [0.5, 0.6) is 0 Å². The van der Waals surface area contributed by atoms with Crippen molar-refractivity contribution < 1.29 is 18.3 Å². The van der Waals surface area contributed by atoms with Crippen molar-refractivity contribution in [2.45, 2.75) is 38.7 Å². The van der Waals surface area contributed by atoms with Gasteiger partial charge in [0.25, 0.3) is 5.91 Å². The van der Waals surface area contributed by atoms with Crippen molar-refractivity contribution >= 4 is 38.1 Å². The van der Waals surface area contributed by atoms with Crippen LogP contribution in [0.3, 0.4) is 0 Å². The Morgan fingerprint density at radius 2 is 2.07 bits per heavy atom. The monoisotopic (exact) mass is 448 g/mol. The highest BCUT2D eigenvalue weighted by molar-refractivity contribution is 7.89. The summed E-state index contributed by atoms with van der Waals surface area (Å²) in [5.74, 6) is -0.342. The highest BCUT2D eigenvalue weighted by atomic mass is 32.2. The highest BCUT2D eigenvalue weighted by Crippen LogP contribution is 2.34. The normalized spacial score (nSPS) is 18.7. The first kappa shape index (κ1) is 22.2. The molecule has 0 bridgehead atoms. The summed E-state index contributed by atoms with van der Waals surface area (Å²) in [6, 6.07) is 9.20. The SMILES string of the molecule is Cc1sc(N(CCC2CCC(O)C2)c2ccc(C#N)cc2)nc1C(=O)NS(C)(=O)=O. The van der Waals surface area contributed by atoms with Gasteiger partial charge < -0.3 is 10.0 Å². The largest absolute Gasteiger partial charge is 0.393 e. The number of hydrogen-bond acceptors (Lipinski definition) is 8. The minimum Gasteiger partial charge on any atom is -0.393 e. The van der Waals surface area contributed by atoms with E-state index < -0.39 is 15.9 Å². The van der Waals surface area contributed by atoms with E-state index in [1.165, 1.54) is 11.3 Å². The second-order valence-corrected chi connectivity index (χ2v) is 10.5. The smallest absolute Gasteiger partial charge is 0.284 e. The lowest BCUT2D eigenvalue weighted by Crippen LogP contribution is -2.30. The summed E-state index contributed by atoms with van der Waals surface area (Å²) < 4.78 is 24.8. The maximum absolute atomic E-state index is 12.3. The zero-order valence-electron chi connectivity index (χ0n) is 16.8. The van der Waals surface area contributed by atoms with Crippen LogP contribution in [-0.2, 0) is 10.0 Å². The first-order chi connectivity index (χ1) is 14.2. The van der Waals surface area contributed by atoms with Crippen LogP contribution < -0.4 is 9.62 Å². The fourth-order valence-electron chi connectivity index (χ4n) is 3.60. The molecule has 1 saturated carbocycles. The number of anilines is 2. The van der Waals surface area contributed by atoms with Crippen molar-refractivity contribution in [1.29, 1.82) is 5.26 Å². The zero-order valence-corrected chi connectivity index (χ0v) is 18.5. The van der Waals surface area contributed by atoms with Crippen LogP contribution in [0.15, 0.2) is 24.3 Å². The summed E-state index contributed by atoms with van der Waals surface area (Å²) in [4.78, 5) is 19.3. The van der Waals surface area contributed by atoms with E-state index in [0.717, 1.165) is 37.6 Å². The minimum atomic E-state index is -3.69. The van der Waals surface area contributed by atoms with E-state index >= 15 is 0 Å². The van der Waals surface area contributed by atoms with E-state index in [9.17, 15) is 18.3 Å². The standard InChI is InChI=1S/C20H24N4O4S2/c1-13-18(19(26)23-30(2,27)28)22-20(29-13)24(10-9-14-5-8-17(25)11-14)16-6-3-15(12-21)4-7-16/h3-4,6-7,14,17,25H,5,8-11H2,1-2H3,(H,23,26). The number of nitriles is 1. The summed E-state index contributed by atoms with van der Waals surface area (Å²) in [7, 11) is -3.69. The molecule has 160 valence electrons. The number of sulfonamides is 1. The Bertz CT molecular complexity index is 1060. The molecule has 0 radical (unpaired) electrons. The Hall–Kier alpha value is -2.48. The highest BCUT2D eigenvalue weighted by Gasteiger charge is 2.26. The molecule has 2 aromatic rings. The number of aryl methyl sites for hydroxylation is 1. The van der Waals surface area contributed by atoms with E-state index in [1.807, 2.05) is 21.8 Å². The first-order valence-electron chi connectivity index (χ1n) is 9.61. The molecule has 3 rings (SSSR count). The van der Waals surface area contributed by atoms with Crippen LogP contribution in [0.1, 0.15) is 46.6 Å². The van der Waals surface area contributed by atoms with Gasteiger partial charge in [-0.3, -0.25) is 4.79 Å². The minimum absolute atomic E-state index is 0.0790. The fourth-order valence-corrected chi connectivity index (χ4v) is 4.98. The van der Waals surface area contributed by atoms with Gasteiger partial charge >= 0.3 is 0 Å². The number of aliphatic hydroxyl groups is 1. The lowest BCUT2D eigenvalue weighted by atomic mass is 10.0. The number of hydrogen-bond donors (Lipinski definition) is 2. The van der Waals surface area contributed by atoms with E-state index in [2.05, 4.69) is 11.1 Å². The Labute approximate surface area is 180 Å². The number of carbonyl (C=O) groups is 1. The van der Waals surface area contributed by atoms with E-state index in [4.69, 9.17) is 5.26 Å². The lowest BCUT2D eigenvalue weighted by Gasteiger charge is -2.23. The molecule has 0 spiro atoms. The van der Waals surface area contributed by atoms with Gasteiger partial charge in [-0.25, -0.2) is 18.1 Å². The van der Waals surface area contributed by atoms with Gasteiger partial charge in [0.1, 0.15) is 5.69 Å². The van der Waals surface area contributed by atoms with Crippen LogP contribution in [0, 0.1) is 24.2 Å². The Balaban J connectivity index is 1.88. The molecule has 0 saturated heterocycles. The van der Waals surface area contributed by atoms with Gasteiger partial charge in [0.15, 0.2) is 5.13 Å². The molecular formula is C20H24N4O4S2. The number of rotatable bonds is 7. The molecule has 1 fully saturated rings. The van der Waals surface area contributed by atoms with Gasteiger partial charge in [0, 0.05) is 17.1 Å². The number of carbonyl (C=O) groups excluding carboxylic acids is 1.